The fraction of sp³-hybridized carbons (Fsp3) is 1.00. The molecule has 0 saturated heterocycles. The Bertz CT molecular complexity index is 97.1. The highest BCUT2D eigenvalue weighted by molar-refractivity contribution is 4.96. The van der Waals surface area contributed by atoms with Crippen LogP contribution in [-0.2, 0) is 4.74 Å². The summed E-state index contributed by atoms with van der Waals surface area (Å²) < 4.78 is 5.57. The maximum Gasteiger partial charge on any atom is 0.0809 e. The summed E-state index contributed by atoms with van der Waals surface area (Å²) in [5.74, 6) is 0. The lowest BCUT2D eigenvalue weighted by Crippen LogP contribution is -2.28. The minimum Gasteiger partial charge on any atom is -0.371 e. The summed E-state index contributed by atoms with van der Waals surface area (Å²) in [6.07, 6.45) is 2.64. The van der Waals surface area contributed by atoms with Crippen LogP contribution in [0, 0.1) is 0 Å². The van der Waals surface area contributed by atoms with E-state index in [2.05, 4.69) is 13.8 Å². The minimum atomic E-state index is 0.0914. The predicted octanol–water partition coefficient (Wildman–Crippen LogP) is 0.903. The van der Waals surface area contributed by atoms with Crippen molar-refractivity contribution in [2.24, 2.45) is 5.73 Å². The number of hydrogen-bond acceptors (Lipinski definition) is 2. The third-order valence-corrected chi connectivity index (χ3v) is 1.67. The molecule has 2 nitrogen and oxygen atoms in total. The van der Waals surface area contributed by atoms with Crippen molar-refractivity contribution in [3.8, 4) is 0 Å². The second kappa shape index (κ2) is 2.27. The minimum absolute atomic E-state index is 0.0914. The van der Waals surface area contributed by atoms with Crippen LogP contribution in [0.25, 0.3) is 0 Å². The first-order chi connectivity index (χ1) is 4.18. The van der Waals surface area contributed by atoms with Crippen molar-refractivity contribution in [3.05, 3.63) is 0 Å². The number of ether oxygens (including phenoxy) is 1. The van der Waals surface area contributed by atoms with Crippen molar-refractivity contribution in [3.63, 3.8) is 0 Å². The fourth-order valence-electron chi connectivity index (χ4n) is 1.01. The van der Waals surface area contributed by atoms with Gasteiger partial charge in [-0.2, -0.15) is 0 Å². The molecular weight excluding hydrogens is 114 g/mol. The fourth-order valence-corrected chi connectivity index (χ4v) is 1.01. The zero-order valence-electron chi connectivity index (χ0n) is 6.18. The van der Waals surface area contributed by atoms with Gasteiger partial charge in [-0.25, -0.2) is 0 Å². The van der Waals surface area contributed by atoms with E-state index in [1.54, 1.807) is 0 Å². The monoisotopic (exact) mass is 129 g/mol. The molecule has 0 amide bonds. The molecule has 1 aliphatic rings. The highest BCUT2D eigenvalue weighted by Gasteiger charge is 2.43. The van der Waals surface area contributed by atoms with Crippen LogP contribution in [-0.4, -0.2) is 18.2 Å². The van der Waals surface area contributed by atoms with Gasteiger partial charge in [-0.3, -0.25) is 0 Å². The zero-order valence-corrected chi connectivity index (χ0v) is 6.18. The van der Waals surface area contributed by atoms with Crippen molar-refractivity contribution < 1.29 is 4.74 Å². The average molecular weight is 129 g/mol. The molecule has 0 aromatic carbocycles. The Morgan fingerprint density at radius 3 is 2.22 bits per heavy atom. The highest BCUT2D eigenvalue weighted by atomic mass is 16.5. The molecule has 0 aromatic heterocycles. The van der Waals surface area contributed by atoms with Crippen LogP contribution >= 0.6 is 0 Å². The van der Waals surface area contributed by atoms with Crippen LogP contribution in [0.3, 0.4) is 0 Å². The van der Waals surface area contributed by atoms with E-state index in [0.29, 0.717) is 12.6 Å². The van der Waals surface area contributed by atoms with Crippen molar-refractivity contribution >= 4 is 0 Å². The molecule has 0 spiro atoms. The molecule has 0 heterocycles. The van der Waals surface area contributed by atoms with Gasteiger partial charge in [0.15, 0.2) is 0 Å². The van der Waals surface area contributed by atoms with Gasteiger partial charge in [0.2, 0.25) is 0 Å². The highest BCUT2D eigenvalue weighted by Crippen LogP contribution is 2.39. The average Bonchev–Trinajstić information content (AvgIpc) is 2.48. The van der Waals surface area contributed by atoms with E-state index in [9.17, 15) is 0 Å². The SMILES string of the molecule is CC(C)OC1(CN)CC1. The van der Waals surface area contributed by atoms with Gasteiger partial charge in [0, 0.05) is 6.54 Å². The Kier molecular flexibility index (Phi) is 1.78. The van der Waals surface area contributed by atoms with E-state index in [4.69, 9.17) is 10.5 Å². The Morgan fingerprint density at radius 2 is 2.11 bits per heavy atom. The lowest BCUT2D eigenvalue weighted by atomic mass is 10.3. The van der Waals surface area contributed by atoms with Crippen LogP contribution in [0.4, 0.5) is 0 Å². The van der Waals surface area contributed by atoms with Crippen LogP contribution in [0.15, 0.2) is 0 Å². The van der Waals surface area contributed by atoms with Crippen LogP contribution in [0.5, 0.6) is 0 Å². The molecule has 1 aliphatic carbocycles. The Labute approximate surface area is 56.4 Å². The maximum absolute atomic E-state index is 5.57. The summed E-state index contributed by atoms with van der Waals surface area (Å²) >= 11 is 0. The summed E-state index contributed by atoms with van der Waals surface area (Å²) in [5.41, 5.74) is 5.58. The standard InChI is InChI=1S/C7H15NO/c1-6(2)9-7(5-8)3-4-7/h6H,3-5,8H2,1-2H3. The number of nitrogens with two attached hydrogens (primary N) is 1. The van der Waals surface area contributed by atoms with Crippen molar-refractivity contribution in [2.75, 3.05) is 6.54 Å². The van der Waals surface area contributed by atoms with Gasteiger partial charge in [-0.05, 0) is 26.7 Å². The van der Waals surface area contributed by atoms with Gasteiger partial charge in [-0.1, -0.05) is 0 Å². The molecular formula is C7H15NO. The molecule has 1 rings (SSSR count). The largest absolute Gasteiger partial charge is 0.371 e. The zero-order chi connectivity index (χ0) is 6.91. The molecule has 54 valence electrons. The first-order valence-corrected chi connectivity index (χ1v) is 3.56. The Balaban J connectivity index is 2.25. The molecule has 1 saturated carbocycles. The second-order valence-electron chi connectivity index (χ2n) is 3.05. The Morgan fingerprint density at radius 1 is 1.56 bits per heavy atom. The molecule has 2 heteroatoms. The summed E-state index contributed by atoms with van der Waals surface area (Å²) in [4.78, 5) is 0. The third kappa shape index (κ3) is 1.66. The topological polar surface area (TPSA) is 35.2 Å². The summed E-state index contributed by atoms with van der Waals surface area (Å²) in [6.45, 7) is 4.79. The first-order valence-electron chi connectivity index (χ1n) is 3.56. The molecule has 0 atom stereocenters. The second-order valence-corrected chi connectivity index (χ2v) is 3.05. The van der Waals surface area contributed by atoms with E-state index in [1.165, 1.54) is 0 Å². The van der Waals surface area contributed by atoms with Gasteiger partial charge in [0.25, 0.3) is 0 Å². The predicted molar refractivity (Wildman–Crippen MR) is 37.2 cm³/mol. The van der Waals surface area contributed by atoms with E-state index < -0.39 is 0 Å². The molecule has 0 radical (unpaired) electrons. The summed E-state index contributed by atoms with van der Waals surface area (Å²) in [7, 11) is 0. The lowest BCUT2D eigenvalue weighted by Gasteiger charge is -2.16. The van der Waals surface area contributed by atoms with Gasteiger partial charge < -0.3 is 10.5 Å². The van der Waals surface area contributed by atoms with E-state index in [1.807, 2.05) is 0 Å². The molecule has 0 unspecified atom stereocenters. The first kappa shape index (κ1) is 7.03. The quantitative estimate of drug-likeness (QED) is 0.614. The van der Waals surface area contributed by atoms with Gasteiger partial charge in [-0.15, -0.1) is 0 Å². The van der Waals surface area contributed by atoms with Crippen LogP contribution in [0.1, 0.15) is 26.7 Å². The van der Waals surface area contributed by atoms with Crippen molar-refractivity contribution in [1.29, 1.82) is 0 Å². The lowest BCUT2D eigenvalue weighted by molar-refractivity contribution is -0.00521. The third-order valence-electron chi connectivity index (χ3n) is 1.67. The van der Waals surface area contributed by atoms with Gasteiger partial charge in [0.1, 0.15) is 0 Å². The molecule has 1 fully saturated rings. The maximum atomic E-state index is 5.57. The van der Waals surface area contributed by atoms with Crippen molar-refractivity contribution in [2.45, 2.75) is 38.4 Å². The smallest absolute Gasteiger partial charge is 0.0809 e. The normalized spacial score (nSPS) is 22.7. The summed E-state index contributed by atoms with van der Waals surface area (Å²) in [5, 5.41) is 0. The van der Waals surface area contributed by atoms with E-state index in [0.717, 1.165) is 12.8 Å². The molecule has 0 aliphatic heterocycles. The molecule has 0 aromatic rings. The number of rotatable bonds is 3. The molecule has 2 N–H and O–H groups in total. The molecule has 0 bridgehead atoms. The number of hydrogen-bond donors (Lipinski definition) is 1. The van der Waals surface area contributed by atoms with E-state index >= 15 is 0 Å². The van der Waals surface area contributed by atoms with Crippen molar-refractivity contribution in [1.82, 2.24) is 0 Å². The molecule has 9 heavy (non-hydrogen) atoms. The van der Waals surface area contributed by atoms with Gasteiger partial charge >= 0.3 is 0 Å². The Hall–Kier alpha value is -0.0800. The van der Waals surface area contributed by atoms with Gasteiger partial charge in [0.05, 0.1) is 11.7 Å². The summed E-state index contributed by atoms with van der Waals surface area (Å²) in [6, 6.07) is 0. The van der Waals surface area contributed by atoms with Crippen LogP contribution in [0.2, 0.25) is 0 Å². The van der Waals surface area contributed by atoms with Crippen LogP contribution < -0.4 is 5.73 Å². The van der Waals surface area contributed by atoms with E-state index in [-0.39, 0.29) is 5.60 Å².